The number of nitrogens with one attached hydrogen (secondary N) is 1. The summed E-state index contributed by atoms with van der Waals surface area (Å²) in [7, 11) is 0. The molecule has 9 heteroatoms. The van der Waals surface area contributed by atoms with Gasteiger partial charge in [0.1, 0.15) is 11.9 Å². The quantitative estimate of drug-likeness (QED) is 0.340. The van der Waals surface area contributed by atoms with Gasteiger partial charge in [0.05, 0.1) is 23.4 Å². The van der Waals surface area contributed by atoms with E-state index >= 15 is 0 Å². The van der Waals surface area contributed by atoms with Crippen LogP contribution in [0.15, 0.2) is 77.9 Å². The van der Waals surface area contributed by atoms with Crippen molar-refractivity contribution in [2.75, 3.05) is 0 Å². The molecular weight excluding hydrogens is 478 g/mol. The average molecular weight is 509 g/mol. The summed E-state index contributed by atoms with van der Waals surface area (Å²) in [6, 6.07) is 17.2. The van der Waals surface area contributed by atoms with Gasteiger partial charge in [0.25, 0.3) is 11.5 Å². The van der Waals surface area contributed by atoms with Gasteiger partial charge in [-0.1, -0.05) is 44.2 Å². The highest BCUT2D eigenvalue weighted by Gasteiger charge is 2.37. The van der Waals surface area contributed by atoms with Gasteiger partial charge < -0.3 is 14.6 Å². The fourth-order valence-corrected chi connectivity index (χ4v) is 4.19. The van der Waals surface area contributed by atoms with Crippen molar-refractivity contribution < 1.29 is 18.3 Å². The summed E-state index contributed by atoms with van der Waals surface area (Å²) in [6.07, 6.45) is 2.73. The van der Waals surface area contributed by atoms with Crippen LogP contribution >= 0.6 is 0 Å². The van der Waals surface area contributed by atoms with Crippen molar-refractivity contribution in [2.24, 2.45) is 5.92 Å². The number of hydrogen-bond donors (Lipinski definition) is 1. The van der Waals surface area contributed by atoms with Gasteiger partial charge in [-0.25, -0.2) is 4.68 Å². The van der Waals surface area contributed by atoms with Crippen LogP contribution in [0.3, 0.4) is 0 Å². The number of alkyl halides is 2. The van der Waals surface area contributed by atoms with Crippen molar-refractivity contribution in [3.05, 3.63) is 89.0 Å². The van der Waals surface area contributed by atoms with Gasteiger partial charge in [0, 0.05) is 31.1 Å². The number of benzene rings is 2. The van der Waals surface area contributed by atoms with E-state index in [1.807, 2.05) is 63.2 Å². The normalized spacial score (nSPS) is 13.5. The number of nitrogens with zero attached hydrogens (tertiary/aromatic N) is 3. The van der Waals surface area contributed by atoms with E-state index in [0.29, 0.717) is 19.2 Å². The third-order valence-electron chi connectivity index (χ3n) is 6.22. The molecule has 0 spiro atoms. The van der Waals surface area contributed by atoms with Crippen LogP contribution in [0, 0.1) is 5.92 Å². The Labute approximate surface area is 213 Å². The smallest absolute Gasteiger partial charge is 0.321 e. The fourth-order valence-electron chi connectivity index (χ4n) is 4.19. The number of fused-ring (bicyclic) bond motifs is 1. The monoisotopic (exact) mass is 508 g/mol. The standard InChI is InChI=1S/C28H30F2N4O3/c1-5-33-17-21(11-14-24(33)35)34-23-13-12-22(15-20(23)16-31-34)37-26(19-9-7-6-8-10-19)25(18(2)3)32-27(36)28(4,29)30/h6-18,25-26H,5H2,1-4H3,(H,32,36)/t25?,26-/m1/s1. The molecule has 37 heavy (non-hydrogen) atoms. The first-order valence-corrected chi connectivity index (χ1v) is 12.2. The van der Waals surface area contributed by atoms with Gasteiger partial charge in [-0.05, 0) is 42.7 Å². The summed E-state index contributed by atoms with van der Waals surface area (Å²) in [5.41, 5.74) is 2.22. The van der Waals surface area contributed by atoms with Gasteiger partial charge in [0.15, 0.2) is 0 Å². The van der Waals surface area contributed by atoms with Crippen LogP contribution in [-0.4, -0.2) is 32.2 Å². The second kappa shape index (κ2) is 10.5. The minimum absolute atomic E-state index is 0.0852. The van der Waals surface area contributed by atoms with E-state index in [2.05, 4.69) is 10.4 Å². The number of halogens is 2. The molecule has 0 fully saturated rings. The Morgan fingerprint density at radius 1 is 1.11 bits per heavy atom. The second-order valence-corrected chi connectivity index (χ2v) is 9.37. The lowest BCUT2D eigenvalue weighted by molar-refractivity contribution is -0.145. The Balaban J connectivity index is 1.69. The van der Waals surface area contributed by atoms with Gasteiger partial charge in [0.2, 0.25) is 0 Å². The van der Waals surface area contributed by atoms with Crippen LogP contribution < -0.4 is 15.6 Å². The van der Waals surface area contributed by atoms with Crippen molar-refractivity contribution >= 4 is 16.8 Å². The molecule has 2 aromatic carbocycles. The Morgan fingerprint density at radius 3 is 2.49 bits per heavy atom. The Kier molecular flexibility index (Phi) is 7.42. The molecule has 0 saturated carbocycles. The van der Waals surface area contributed by atoms with E-state index in [0.717, 1.165) is 22.2 Å². The number of carbonyl (C=O) groups is 1. The Morgan fingerprint density at radius 2 is 1.84 bits per heavy atom. The highest BCUT2D eigenvalue weighted by Crippen LogP contribution is 2.31. The minimum atomic E-state index is -3.51. The van der Waals surface area contributed by atoms with Crippen LogP contribution in [0.2, 0.25) is 0 Å². The Bertz CT molecular complexity index is 1440. The number of carbonyl (C=O) groups excluding carboxylic acids is 1. The molecule has 2 aromatic heterocycles. The zero-order valence-electron chi connectivity index (χ0n) is 21.2. The lowest BCUT2D eigenvalue weighted by Gasteiger charge is -2.32. The summed E-state index contributed by atoms with van der Waals surface area (Å²) in [6.45, 7) is 6.72. The first kappa shape index (κ1) is 26.1. The molecule has 4 aromatic rings. The molecule has 1 N–H and O–H groups in total. The predicted octanol–water partition coefficient (Wildman–Crippen LogP) is 5.12. The Hall–Kier alpha value is -4.01. The predicted molar refractivity (Wildman–Crippen MR) is 138 cm³/mol. The lowest BCUT2D eigenvalue weighted by Crippen LogP contribution is -2.49. The third kappa shape index (κ3) is 5.71. The molecular formula is C28H30F2N4O3. The van der Waals surface area contributed by atoms with Crippen molar-refractivity contribution in [1.82, 2.24) is 19.7 Å². The number of ether oxygens (including phenoxy) is 1. The highest BCUT2D eigenvalue weighted by molar-refractivity contribution is 5.83. The zero-order chi connectivity index (χ0) is 26.7. The minimum Gasteiger partial charge on any atom is -0.484 e. The van der Waals surface area contributed by atoms with E-state index in [-0.39, 0.29) is 11.5 Å². The molecule has 2 atom stereocenters. The molecule has 0 saturated heterocycles. The highest BCUT2D eigenvalue weighted by atomic mass is 19.3. The number of hydrogen-bond acceptors (Lipinski definition) is 4. The molecule has 0 aliphatic rings. The molecule has 1 unspecified atom stereocenters. The fraction of sp³-hybridized carbons (Fsp3) is 0.321. The molecule has 4 rings (SSSR count). The van der Waals surface area contributed by atoms with Gasteiger partial charge in [-0.3, -0.25) is 9.59 Å². The first-order chi connectivity index (χ1) is 17.6. The van der Waals surface area contributed by atoms with E-state index in [1.54, 1.807) is 33.8 Å². The average Bonchev–Trinajstić information content (AvgIpc) is 3.29. The summed E-state index contributed by atoms with van der Waals surface area (Å²) in [4.78, 5) is 24.2. The van der Waals surface area contributed by atoms with Gasteiger partial charge in [-0.2, -0.15) is 13.9 Å². The first-order valence-electron chi connectivity index (χ1n) is 12.2. The molecule has 0 aliphatic heterocycles. The maximum atomic E-state index is 13.7. The molecule has 2 heterocycles. The van der Waals surface area contributed by atoms with Crippen molar-refractivity contribution in [3.8, 4) is 11.4 Å². The zero-order valence-corrected chi connectivity index (χ0v) is 21.2. The molecule has 0 aliphatic carbocycles. The van der Waals surface area contributed by atoms with Crippen LogP contribution in [0.25, 0.3) is 16.6 Å². The topological polar surface area (TPSA) is 78.2 Å². The van der Waals surface area contributed by atoms with Gasteiger partial charge in [-0.15, -0.1) is 0 Å². The maximum absolute atomic E-state index is 13.7. The maximum Gasteiger partial charge on any atom is 0.321 e. The molecule has 0 bridgehead atoms. The number of rotatable bonds is 9. The SMILES string of the molecule is CCn1cc(-n2ncc3cc(O[C@H](c4ccccc4)C(NC(=O)C(C)(F)F)C(C)C)ccc32)ccc1=O. The third-order valence-corrected chi connectivity index (χ3v) is 6.22. The lowest BCUT2D eigenvalue weighted by atomic mass is 9.92. The summed E-state index contributed by atoms with van der Waals surface area (Å²) in [5.74, 6) is -4.55. The van der Waals surface area contributed by atoms with E-state index in [9.17, 15) is 18.4 Å². The number of pyridine rings is 1. The summed E-state index contributed by atoms with van der Waals surface area (Å²) < 4.78 is 37.2. The molecule has 1 amide bonds. The summed E-state index contributed by atoms with van der Waals surface area (Å²) in [5, 5.41) is 7.77. The van der Waals surface area contributed by atoms with Crippen molar-refractivity contribution in [2.45, 2.75) is 52.3 Å². The second-order valence-electron chi connectivity index (χ2n) is 9.37. The molecule has 7 nitrogen and oxygen atoms in total. The van der Waals surface area contributed by atoms with E-state index in [1.165, 1.54) is 6.07 Å². The molecule has 0 radical (unpaired) electrons. The van der Waals surface area contributed by atoms with Gasteiger partial charge >= 0.3 is 5.92 Å². The van der Waals surface area contributed by atoms with Crippen LogP contribution in [-0.2, 0) is 11.3 Å². The molecule has 194 valence electrons. The largest absolute Gasteiger partial charge is 0.484 e. The van der Waals surface area contributed by atoms with E-state index in [4.69, 9.17) is 4.74 Å². The van der Waals surface area contributed by atoms with E-state index < -0.39 is 24.0 Å². The van der Waals surface area contributed by atoms with Crippen molar-refractivity contribution in [1.29, 1.82) is 0 Å². The number of amides is 1. The summed E-state index contributed by atoms with van der Waals surface area (Å²) >= 11 is 0. The number of aromatic nitrogens is 3. The van der Waals surface area contributed by atoms with Crippen LogP contribution in [0.4, 0.5) is 8.78 Å². The van der Waals surface area contributed by atoms with Crippen molar-refractivity contribution in [3.63, 3.8) is 0 Å². The van der Waals surface area contributed by atoms with Crippen LogP contribution in [0.1, 0.15) is 39.4 Å². The van der Waals surface area contributed by atoms with Crippen LogP contribution in [0.5, 0.6) is 5.75 Å². The number of aryl methyl sites for hydroxylation is 1.